The van der Waals surface area contributed by atoms with Gasteiger partial charge in [0.25, 0.3) is 0 Å². The van der Waals surface area contributed by atoms with Gasteiger partial charge in [-0.25, -0.2) is 8.42 Å². The molecular formula is C22H28ClN3O4S. The molecule has 9 heteroatoms. The van der Waals surface area contributed by atoms with E-state index < -0.39 is 10.0 Å². The number of nitrogens with one attached hydrogen (secondary N) is 1. The van der Waals surface area contributed by atoms with E-state index in [4.69, 9.17) is 16.3 Å². The van der Waals surface area contributed by atoms with Gasteiger partial charge in [0.05, 0.1) is 35.4 Å². The van der Waals surface area contributed by atoms with E-state index in [-0.39, 0.29) is 28.1 Å². The summed E-state index contributed by atoms with van der Waals surface area (Å²) in [5, 5.41) is 3.02. The summed E-state index contributed by atoms with van der Waals surface area (Å²) in [5.74, 6) is 0.0948. The van der Waals surface area contributed by atoms with Crippen molar-refractivity contribution in [2.75, 3.05) is 50.1 Å². The predicted molar refractivity (Wildman–Crippen MR) is 123 cm³/mol. The highest BCUT2D eigenvalue weighted by atomic mass is 35.5. The second-order valence-electron chi connectivity index (χ2n) is 7.81. The van der Waals surface area contributed by atoms with Gasteiger partial charge >= 0.3 is 0 Å². The highest BCUT2D eigenvalue weighted by Gasteiger charge is 2.27. The van der Waals surface area contributed by atoms with Gasteiger partial charge in [0.15, 0.2) is 0 Å². The topological polar surface area (TPSA) is 79.0 Å². The smallest absolute Gasteiger partial charge is 0.243 e. The van der Waals surface area contributed by atoms with E-state index in [1.807, 2.05) is 24.1 Å². The van der Waals surface area contributed by atoms with Gasteiger partial charge < -0.3 is 15.0 Å². The van der Waals surface area contributed by atoms with Gasteiger partial charge in [-0.05, 0) is 41.8 Å². The van der Waals surface area contributed by atoms with Crippen molar-refractivity contribution in [3.05, 3.63) is 53.1 Å². The number of hydrogen-bond acceptors (Lipinski definition) is 5. The molecule has 0 bridgehead atoms. The fraction of sp³-hybridized carbons (Fsp3) is 0.409. The summed E-state index contributed by atoms with van der Waals surface area (Å²) < 4.78 is 32.4. The summed E-state index contributed by atoms with van der Waals surface area (Å²) in [5.41, 5.74) is 2.38. The third kappa shape index (κ3) is 5.77. The molecule has 2 aromatic rings. The zero-order valence-electron chi connectivity index (χ0n) is 18.0. The van der Waals surface area contributed by atoms with Crippen LogP contribution in [0.15, 0.2) is 47.4 Å². The van der Waals surface area contributed by atoms with E-state index >= 15 is 0 Å². The maximum absolute atomic E-state index is 12.9. The molecular weight excluding hydrogens is 438 g/mol. The third-order valence-corrected chi connectivity index (χ3v) is 7.40. The maximum atomic E-state index is 12.9. The molecule has 7 nitrogen and oxygen atoms in total. The molecule has 0 unspecified atom stereocenters. The van der Waals surface area contributed by atoms with Crippen molar-refractivity contribution in [2.45, 2.75) is 24.7 Å². The van der Waals surface area contributed by atoms with Gasteiger partial charge in [0.1, 0.15) is 0 Å². The Hall–Kier alpha value is -2.13. The number of halogens is 1. The van der Waals surface area contributed by atoms with Crippen molar-refractivity contribution in [3.8, 4) is 0 Å². The molecule has 168 valence electrons. The summed E-state index contributed by atoms with van der Waals surface area (Å²) >= 11 is 6.23. The van der Waals surface area contributed by atoms with Gasteiger partial charge in [-0.3, -0.25) is 4.79 Å². The standard InChI is InChI=1S/C22H28ClN3O4S/c1-16(2)17-5-4-6-18(13-17)25(3)15-22(27)24-21-14-19(7-8-20(21)23)31(28,29)26-9-11-30-12-10-26/h4-8,13-14,16H,9-12,15H2,1-3H3,(H,24,27). The van der Waals surface area contributed by atoms with Crippen molar-refractivity contribution in [3.63, 3.8) is 0 Å². The van der Waals surface area contributed by atoms with Crippen molar-refractivity contribution in [1.29, 1.82) is 0 Å². The Morgan fingerprint density at radius 3 is 2.58 bits per heavy atom. The molecule has 0 aliphatic carbocycles. The van der Waals surface area contributed by atoms with Crippen LogP contribution < -0.4 is 10.2 Å². The number of morpholine rings is 1. The highest BCUT2D eigenvalue weighted by Crippen LogP contribution is 2.28. The van der Waals surface area contributed by atoms with Crippen LogP contribution in [0.2, 0.25) is 5.02 Å². The first kappa shape index (κ1) is 23.5. The van der Waals surface area contributed by atoms with E-state index in [1.165, 1.54) is 28.1 Å². The molecule has 1 N–H and O–H groups in total. The van der Waals surface area contributed by atoms with Crippen LogP contribution in [-0.2, 0) is 19.6 Å². The Labute approximate surface area is 189 Å². The summed E-state index contributed by atoms with van der Waals surface area (Å²) in [4.78, 5) is 14.6. The Kier molecular flexibility index (Phi) is 7.59. The fourth-order valence-electron chi connectivity index (χ4n) is 3.31. The van der Waals surface area contributed by atoms with Crippen LogP contribution in [0.3, 0.4) is 0 Å². The average molecular weight is 466 g/mol. The monoisotopic (exact) mass is 465 g/mol. The molecule has 2 aromatic carbocycles. The molecule has 1 amide bonds. The molecule has 0 atom stereocenters. The lowest BCUT2D eigenvalue weighted by molar-refractivity contribution is -0.114. The molecule has 0 saturated carbocycles. The van der Waals surface area contributed by atoms with Gasteiger partial charge in [-0.2, -0.15) is 4.31 Å². The van der Waals surface area contributed by atoms with Gasteiger partial charge in [0, 0.05) is 25.8 Å². The van der Waals surface area contributed by atoms with Crippen LogP contribution in [0.25, 0.3) is 0 Å². The summed E-state index contributed by atoms with van der Waals surface area (Å²) in [6.07, 6.45) is 0. The molecule has 0 radical (unpaired) electrons. The van der Waals surface area contributed by atoms with E-state index in [9.17, 15) is 13.2 Å². The lowest BCUT2D eigenvalue weighted by Gasteiger charge is -2.26. The number of benzene rings is 2. The Morgan fingerprint density at radius 2 is 1.90 bits per heavy atom. The van der Waals surface area contributed by atoms with Crippen LogP contribution in [-0.4, -0.2) is 58.5 Å². The zero-order valence-corrected chi connectivity index (χ0v) is 19.5. The van der Waals surface area contributed by atoms with Crippen molar-refractivity contribution in [2.24, 2.45) is 0 Å². The van der Waals surface area contributed by atoms with Crippen LogP contribution in [0.5, 0.6) is 0 Å². The number of carbonyl (C=O) groups excluding carboxylic acids is 1. The number of ether oxygens (including phenoxy) is 1. The molecule has 0 spiro atoms. The lowest BCUT2D eigenvalue weighted by atomic mass is 10.0. The summed E-state index contributed by atoms with van der Waals surface area (Å²) in [7, 11) is -1.85. The lowest BCUT2D eigenvalue weighted by Crippen LogP contribution is -2.40. The van der Waals surface area contributed by atoms with E-state index in [2.05, 4.69) is 31.3 Å². The van der Waals surface area contributed by atoms with Crippen molar-refractivity contribution in [1.82, 2.24) is 4.31 Å². The third-order valence-electron chi connectivity index (χ3n) is 5.18. The first-order valence-corrected chi connectivity index (χ1v) is 12.0. The molecule has 0 aromatic heterocycles. The SMILES string of the molecule is CC(C)c1cccc(N(C)CC(=O)Nc2cc(S(=O)(=O)N3CCOCC3)ccc2Cl)c1. The molecule has 1 saturated heterocycles. The molecule has 1 fully saturated rings. The van der Waals surface area contributed by atoms with Crippen LogP contribution in [0, 0.1) is 0 Å². The summed E-state index contributed by atoms with van der Waals surface area (Å²) in [6, 6.07) is 12.4. The zero-order chi connectivity index (χ0) is 22.6. The number of anilines is 2. The number of hydrogen-bond donors (Lipinski definition) is 1. The first-order valence-electron chi connectivity index (χ1n) is 10.2. The highest BCUT2D eigenvalue weighted by molar-refractivity contribution is 7.89. The van der Waals surface area contributed by atoms with E-state index in [0.29, 0.717) is 32.2 Å². The maximum Gasteiger partial charge on any atom is 0.243 e. The van der Waals surface area contributed by atoms with Crippen molar-refractivity contribution < 1.29 is 17.9 Å². The molecule has 1 aliphatic heterocycles. The Balaban J connectivity index is 1.72. The molecule has 1 heterocycles. The molecule has 1 aliphatic rings. The van der Waals surface area contributed by atoms with Gasteiger partial charge in [-0.1, -0.05) is 37.6 Å². The molecule has 31 heavy (non-hydrogen) atoms. The minimum atomic E-state index is -3.68. The number of rotatable bonds is 7. The Morgan fingerprint density at radius 1 is 1.19 bits per heavy atom. The quantitative estimate of drug-likeness (QED) is 0.676. The van der Waals surface area contributed by atoms with Gasteiger partial charge in [0.2, 0.25) is 15.9 Å². The van der Waals surface area contributed by atoms with Crippen LogP contribution in [0.1, 0.15) is 25.3 Å². The van der Waals surface area contributed by atoms with Crippen molar-refractivity contribution >= 4 is 38.9 Å². The van der Waals surface area contributed by atoms with E-state index in [1.54, 1.807) is 0 Å². The number of nitrogens with zero attached hydrogens (tertiary/aromatic N) is 2. The van der Waals surface area contributed by atoms with Crippen LogP contribution in [0.4, 0.5) is 11.4 Å². The largest absolute Gasteiger partial charge is 0.379 e. The normalized spacial score (nSPS) is 15.1. The molecule has 3 rings (SSSR count). The Bertz CT molecular complexity index is 1040. The number of amides is 1. The number of likely N-dealkylation sites (N-methyl/N-ethyl adjacent to an activating group) is 1. The minimum absolute atomic E-state index is 0.0899. The minimum Gasteiger partial charge on any atom is -0.379 e. The van der Waals surface area contributed by atoms with E-state index in [0.717, 1.165) is 5.69 Å². The second-order valence-corrected chi connectivity index (χ2v) is 10.2. The predicted octanol–water partition coefficient (Wildman–Crippen LogP) is 3.56. The average Bonchev–Trinajstić information content (AvgIpc) is 2.75. The number of sulfonamides is 1. The summed E-state index contributed by atoms with van der Waals surface area (Å²) in [6.45, 7) is 5.65. The number of carbonyl (C=O) groups is 1. The van der Waals surface area contributed by atoms with Gasteiger partial charge in [-0.15, -0.1) is 0 Å². The first-order chi connectivity index (χ1) is 14.7. The fourth-order valence-corrected chi connectivity index (χ4v) is 4.91. The second kappa shape index (κ2) is 9.99. The van der Waals surface area contributed by atoms with Crippen LogP contribution >= 0.6 is 11.6 Å².